The number of benzene rings is 1. The van der Waals surface area contributed by atoms with E-state index in [1.807, 2.05) is 6.07 Å². The van der Waals surface area contributed by atoms with E-state index in [2.05, 4.69) is 58.7 Å². The topological polar surface area (TPSA) is 118 Å². The molecule has 6 N–H and O–H groups in total. The summed E-state index contributed by atoms with van der Waals surface area (Å²) in [4.78, 5) is 13.3. The Hall–Kier alpha value is -2.83. The number of carboxylic acid groups (broad SMARTS) is 1. The number of aromatic amines is 1. The number of nitrogens with one attached hydrogen (secondary N) is 1. The van der Waals surface area contributed by atoms with Crippen LogP contribution in [0, 0.1) is 50.6 Å². The molecule has 6 nitrogen and oxygen atoms in total. The van der Waals surface area contributed by atoms with E-state index in [1.165, 1.54) is 16.8 Å². The number of carbonyl (C=O) groups is 1. The number of H-pyrrole nitrogens is 1. The third-order valence-electron chi connectivity index (χ3n) is 14.7. The number of carboxylic acids is 1. The number of allylic oxidation sites excluding steroid dienone is 2. The molecule has 3 unspecified atom stereocenters. The minimum atomic E-state index is -0.779. The molecule has 7 rings (SSSR count). The van der Waals surface area contributed by atoms with Gasteiger partial charge in [-0.25, -0.2) is 4.39 Å². The number of hydrogen-bond donors (Lipinski definition) is 4. The van der Waals surface area contributed by atoms with Gasteiger partial charge in [0.15, 0.2) is 0 Å². The highest BCUT2D eigenvalue weighted by atomic mass is 19.1. The molecule has 1 heterocycles. The zero-order valence-electron chi connectivity index (χ0n) is 27.7. The first kappa shape index (κ1) is 29.9. The molecule has 0 spiro atoms. The quantitative estimate of drug-likeness (QED) is 0.259. The summed E-state index contributed by atoms with van der Waals surface area (Å²) in [5.41, 5.74) is 17.1. The number of rotatable bonds is 2. The molecule has 0 aliphatic heterocycles. The van der Waals surface area contributed by atoms with Crippen molar-refractivity contribution in [3.63, 3.8) is 0 Å². The van der Waals surface area contributed by atoms with Crippen molar-refractivity contribution in [3.05, 3.63) is 46.4 Å². The highest BCUT2D eigenvalue weighted by molar-refractivity contribution is 5.80. The van der Waals surface area contributed by atoms with Crippen molar-refractivity contribution in [2.75, 3.05) is 11.5 Å². The Balaban J connectivity index is 1.49. The molecule has 0 amide bonds. The molecular formula is C37H51FN4O2. The standard InChI is InChI=1S/C37H51FN4O2/c1-32(2)12-14-37(31(43)44)15-13-36(7)28(23(37)19-32)21(20-8-9-25(39)24(38)16-20)17-27-34(5)18-22-29(41-42-30(22)40)33(3,4)26(34)10-11-35(27,36)6/h8-9,16,23,26-27H,10-15,17-19,39H2,1-7H3,(H,43,44)(H3,40,41,42)/t23?,26?,27?,34-,35+,36+,37-/m0/s1. The summed E-state index contributed by atoms with van der Waals surface area (Å²) in [5.74, 6) is 0.180. The van der Waals surface area contributed by atoms with Gasteiger partial charge in [0.25, 0.3) is 0 Å². The number of fused-ring (bicyclic) bond motifs is 8. The maximum atomic E-state index is 15.3. The van der Waals surface area contributed by atoms with Crippen LogP contribution in [0.15, 0.2) is 23.8 Å². The van der Waals surface area contributed by atoms with E-state index in [1.54, 1.807) is 12.1 Å². The van der Waals surface area contributed by atoms with Crippen molar-refractivity contribution in [3.8, 4) is 0 Å². The van der Waals surface area contributed by atoms with E-state index in [0.717, 1.165) is 56.1 Å². The first-order chi connectivity index (χ1) is 20.4. The lowest BCUT2D eigenvalue weighted by molar-refractivity contribution is -0.175. The van der Waals surface area contributed by atoms with Crippen LogP contribution in [0.5, 0.6) is 0 Å². The van der Waals surface area contributed by atoms with E-state index >= 15 is 4.39 Å². The van der Waals surface area contributed by atoms with Crippen molar-refractivity contribution in [1.29, 1.82) is 0 Å². The smallest absolute Gasteiger partial charge is 0.310 e. The first-order valence-corrected chi connectivity index (χ1v) is 16.8. The van der Waals surface area contributed by atoms with Gasteiger partial charge >= 0.3 is 5.97 Å². The second-order valence-corrected chi connectivity index (χ2v) is 17.5. The van der Waals surface area contributed by atoms with Gasteiger partial charge in [-0.15, -0.1) is 0 Å². The number of nitrogens with two attached hydrogens (primary N) is 2. The summed E-state index contributed by atoms with van der Waals surface area (Å²) in [5, 5.41) is 18.7. The average Bonchev–Trinajstić information content (AvgIpc) is 3.30. The molecule has 7 atom stereocenters. The normalized spacial score (nSPS) is 40.2. The molecule has 7 heteroatoms. The second-order valence-electron chi connectivity index (χ2n) is 17.5. The number of aromatic nitrogens is 2. The van der Waals surface area contributed by atoms with Crippen molar-refractivity contribution in [1.82, 2.24) is 10.2 Å². The first-order valence-electron chi connectivity index (χ1n) is 16.8. The highest BCUT2D eigenvalue weighted by Crippen LogP contribution is 2.77. The maximum Gasteiger partial charge on any atom is 0.310 e. The predicted octanol–water partition coefficient (Wildman–Crippen LogP) is 8.14. The molecule has 3 fully saturated rings. The monoisotopic (exact) mass is 602 g/mol. The van der Waals surface area contributed by atoms with Crippen LogP contribution in [0.4, 0.5) is 15.9 Å². The van der Waals surface area contributed by atoms with Crippen LogP contribution >= 0.6 is 0 Å². The van der Waals surface area contributed by atoms with E-state index in [0.29, 0.717) is 30.5 Å². The lowest BCUT2D eigenvalue weighted by atomic mass is 9.33. The maximum absolute atomic E-state index is 15.3. The molecular weight excluding hydrogens is 551 g/mol. The van der Waals surface area contributed by atoms with Gasteiger partial charge in [-0.1, -0.05) is 60.1 Å². The van der Waals surface area contributed by atoms with Crippen LogP contribution in [0.3, 0.4) is 0 Å². The summed E-state index contributed by atoms with van der Waals surface area (Å²) in [7, 11) is 0. The van der Waals surface area contributed by atoms with Crippen molar-refractivity contribution >= 4 is 23.0 Å². The number of anilines is 2. The predicted molar refractivity (Wildman–Crippen MR) is 173 cm³/mol. The Morgan fingerprint density at radius 3 is 2.39 bits per heavy atom. The number of halogens is 1. The fourth-order valence-corrected chi connectivity index (χ4v) is 12.2. The third-order valence-corrected chi connectivity index (χ3v) is 14.7. The molecule has 0 saturated heterocycles. The molecule has 44 heavy (non-hydrogen) atoms. The molecule has 0 bridgehead atoms. The number of nitrogen functional groups attached to an aromatic ring is 2. The lowest BCUT2D eigenvalue weighted by Gasteiger charge is -2.71. The SMILES string of the molecule is CC1(C)CC[C@]2(C(=O)O)CC[C@]3(C)C(=C(c4ccc(N)c(F)c4)CC4[C@@]5(C)Cc6c(N)n[nH]c6C(C)(C)C5CC[C@]43C)C2C1. The molecule has 1 aromatic heterocycles. The zero-order chi connectivity index (χ0) is 31.8. The molecule has 0 radical (unpaired) electrons. The Morgan fingerprint density at radius 1 is 1.00 bits per heavy atom. The van der Waals surface area contributed by atoms with Gasteiger partial charge < -0.3 is 16.6 Å². The zero-order valence-corrected chi connectivity index (χ0v) is 27.7. The van der Waals surface area contributed by atoms with E-state index < -0.39 is 17.2 Å². The Morgan fingerprint density at radius 2 is 1.70 bits per heavy atom. The van der Waals surface area contributed by atoms with Crippen LogP contribution in [-0.2, 0) is 16.6 Å². The lowest BCUT2D eigenvalue weighted by Crippen LogP contribution is -2.65. The Bertz CT molecular complexity index is 1610. The highest BCUT2D eigenvalue weighted by Gasteiger charge is 2.70. The minimum absolute atomic E-state index is 0.0380. The summed E-state index contributed by atoms with van der Waals surface area (Å²) in [6.07, 6.45) is 7.82. The third kappa shape index (κ3) is 3.58. The van der Waals surface area contributed by atoms with Crippen molar-refractivity contribution < 1.29 is 14.3 Å². The van der Waals surface area contributed by atoms with Crippen LogP contribution in [0.25, 0.3) is 5.57 Å². The molecule has 2 aromatic rings. The van der Waals surface area contributed by atoms with Crippen LogP contribution < -0.4 is 11.5 Å². The summed E-state index contributed by atoms with van der Waals surface area (Å²) in [6, 6.07) is 5.29. The van der Waals surface area contributed by atoms with Crippen LogP contribution in [0.1, 0.15) is 117 Å². The Labute approximate surface area is 261 Å². The van der Waals surface area contributed by atoms with E-state index in [4.69, 9.17) is 11.5 Å². The molecule has 3 saturated carbocycles. The van der Waals surface area contributed by atoms with Gasteiger partial charge in [0.1, 0.15) is 11.6 Å². The van der Waals surface area contributed by atoms with Gasteiger partial charge in [-0.05, 0) is 120 Å². The van der Waals surface area contributed by atoms with Crippen molar-refractivity contribution in [2.45, 2.75) is 112 Å². The fraction of sp³-hybridized carbons (Fsp3) is 0.676. The van der Waals surface area contributed by atoms with Gasteiger partial charge in [0, 0.05) is 16.7 Å². The van der Waals surface area contributed by atoms with Gasteiger partial charge in [0.05, 0.1) is 11.1 Å². The Kier molecular flexibility index (Phi) is 6.05. The van der Waals surface area contributed by atoms with Crippen LogP contribution in [-0.4, -0.2) is 21.3 Å². The largest absolute Gasteiger partial charge is 0.481 e. The fourth-order valence-electron chi connectivity index (χ4n) is 12.2. The molecule has 238 valence electrons. The van der Waals surface area contributed by atoms with E-state index in [9.17, 15) is 9.90 Å². The van der Waals surface area contributed by atoms with Gasteiger partial charge in [0.2, 0.25) is 0 Å². The average molecular weight is 603 g/mol. The number of aliphatic carboxylic acids is 1. The minimum Gasteiger partial charge on any atom is -0.481 e. The number of hydrogen-bond acceptors (Lipinski definition) is 4. The summed E-state index contributed by atoms with van der Waals surface area (Å²) in [6.45, 7) is 16.7. The van der Waals surface area contributed by atoms with Gasteiger partial charge in [-0.2, -0.15) is 5.10 Å². The summed E-state index contributed by atoms with van der Waals surface area (Å²) < 4.78 is 15.3. The molecule has 5 aliphatic carbocycles. The molecule has 5 aliphatic rings. The summed E-state index contributed by atoms with van der Waals surface area (Å²) >= 11 is 0. The second kappa shape index (κ2) is 8.91. The van der Waals surface area contributed by atoms with E-state index in [-0.39, 0.29) is 38.7 Å². The van der Waals surface area contributed by atoms with Crippen molar-refractivity contribution in [2.24, 2.45) is 44.8 Å². The molecule has 1 aromatic carbocycles. The van der Waals surface area contributed by atoms with Gasteiger partial charge in [-0.3, -0.25) is 9.89 Å². The number of nitrogens with zero attached hydrogens (tertiary/aromatic N) is 1. The van der Waals surface area contributed by atoms with Crippen LogP contribution in [0.2, 0.25) is 0 Å².